The molecule has 0 aliphatic carbocycles. The lowest BCUT2D eigenvalue weighted by molar-refractivity contribution is 0.848. The van der Waals surface area contributed by atoms with Crippen molar-refractivity contribution in [3.8, 4) is 0 Å². The van der Waals surface area contributed by atoms with Crippen molar-refractivity contribution in [3.05, 3.63) is 20.8 Å². The van der Waals surface area contributed by atoms with Crippen LogP contribution >= 0.6 is 27.3 Å². The molecule has 2 aromatic heterocycles. The van der Waals surface area contributed by atoms with E-state index in [1.807, 2.05) is 26.0 Å². The molecule has 8 heteroatoms. The zero-order chi connectivity index (χ0) is 14.0. The lowest BCUT2D eigenvalue weighted by atomic mass is 10.3. The van der Waals surface area contributed by atoms with Crippen LogP contribution in [-0.2, 0) is 6.54 Å². The van der Waals surface area contributed by atoms with Crippen molar-refractivity contribution in [1.29, 1.82) is 0 Å². The number of hydrogen-bond acceptors (Lipinski definition) is 7. The van der Waals surface area contributed by atoms with Crippen molar-refractivity contribution in [1.82, 2.24) is 15.0 Å². The smallest absolute Gasteiger partial charge is 0.231 e. The third-order valence-electron chi connectivity index (χ3n) is 2.41. The predicted octanol–water partition coefficient (Wildman–Crippen LogP) is 1.98. The van der Waals surface area contributed by atoms with Crippen LogP contribution in [0, 0.1) is 0 Å². The summed E-state index contributed by atoms with van der Waals surface area (Å²) in [6, 6.07) is 2.08. The van der Waals surface area contributed by atoms with Crippen LogP contribution < -0.4 is 15.5 Å². The molecule has 2 aromatic rings. The standard InChI is InChI=1S/C11H15BrN6S/c1-17(2)10-14-9(13)15-11(16-10)18(3)5-7-4-8(12)19-6-7/h4,6H,5H2,1-3H3,(H2,13,14,15,16). The van der Waals surface area contributed by atoms with Gasteiger partial charge in [-0.3, -0.25) is 0 Å². The second-order valence-electron chi connectivity index (χ2n) is 4.30. The number of anilines is 3. The number of rotatable bonds is 4. The van der Waals surface area contributed by atoms with Gasteiger partial charge in [0.1, 0.15) is 0 Å². The molecular formula is C11H15BrN6S. The molecule has 2 rings (SSSR count). The molecule has 19 heavy (non-hydrogen) atoms. The van der Waals surface area contributed by atoms with Gasteiger partial charge in [0.15, 0.2) is 0 Å². The molecule has 0 aliphatic heterocycles. The van der Waals surface area contributed by atoms with Gasteiger partial charge in [-0.2, -0.15) is 15.0 Å². The first kappa shape index (κ1) is 14.0. The second kappa shape index (κ2) is 5.70. The minimum absolute atomic E-state index is 0.229. The molecule has 0 aromatic carbocycles. The Morgan fingerprint density at radius 1 is 1.21 bits per heavy atom. The topological polar surface area (TPSA) is 71.2 Å². The number of halogens is 1. The fourth-order valence-corrected chi connectivity index (χ4v) is 2.71. The van der Waals surface area contributed by atoms with Gasteiger partial charge in [0.05, 0.1) is 3.79 Å². The summed E-state index contributed by atoms with van der Waals surface area (Å²) in [5.41, 5.74) is 6.91. The summed E-state index contributed by atoms with van der Waals surface area (Å²) >= 11 is 5.11. The van der Waals surface area contributed by atoms with Gasteiger partial charge < -0.3 is 15.5 Å². The molecule has 102 valence electrons. The SMILES string of the molecule is CN(C)c1nc(N)nc(N(C)Cc2csc(Br)c2)n1. The first-order valence-electron chi connectivity index (χ1n) is 5.58. The third kappa shape index (κ3) is 3.54. The van der Waals surface area contributed by atoms with Gasteiger partial charge in [-0.15, -0.1) is 11.3 Å². The molecule has 0 bridgehead atoms. The maximum absolute atomic E-state index is 5.71. The fraction of sp³-hybridized carbons (Fsp3) is 0.364. The van der Waals surface area contributed by atoms with Crippen molar-refractivity contribution in [2.45, 2.75) is 6.54 Å². The summed E-state index contributed by atoms with van der Waals surface area (Å²) in [4.78, 5) is 16.4. The lowest BCUT2D eigenvalue weighted by Crippen LogP contribution is -2.22. The van der Waals surface area contributed by atoms with Crippen LogP contribution in [0.15, 0.2) is 15.2 Å². The molecule has 0 radical (unpaired) electrons. The van der Waals surface area contributed by atoms with Gasteiger partial charge in [0, 0.05) is 27.7 Å². The lowest BCUT2D eigenvalue weighted by Gasteiger charge is -2.18. The van der Waals surface area contributed by atoms with Crippen LogP contribution in [0.4, 0.5) is 17.8 Å². The Balaban J connectivity index is 2.20. The maximum atomic E-state index is 5.71. The van der Waals surface area contributed by atoms with E-state index in [1.54, 1.807) is 16.2 Å². The summed E-state index contributed by atoms with van der Waals surface area (Å²) in [6.45, 7) is 0.721. The Morgan fingerprint density at radius 2 is 1.89 bits per heavy atom. The van der Waals surface area contributed by atoms with Crippen LogP contribution in [-0.4, -0.2) is 36.1 Å². The molecule has 0 atom stereocenters. The molecule has 2 heterocycles. The Bertz CT molecular complexity index is 570. The van der Waals surface area contributed by atoms with E-state index in [9.17, 15) is 0 Å². The highest BCUT2D eigenvalue weighted by Gasteiger charge is 2.11. The van der Waals surface area contributed by atoms with E-state index in [1.165, 1.54) is 5.56 Å². The quantitative estimate of drug-likeness (QED) is 0.915. The van der Waals surface area contributed by atoms with Gasteiger partial charge >= 0.3 is 0 Å². The summed E-state index contributed by atoms with van der Waals surface area (Å²) in [6.07, 6.45) is 0. The van der Waals surface area contributed by atoms with Crippen molar-refractivity contribution < 1.29 is 0 Å². The monoisotopic (exact) mass is 342 g/mol. The predicted molar refractivity (Wildman–Crippen MR) is 82.7 cm³/mol. The van der Waals surface area contributed by atoms with Crippen molar-refractivity contribution >= 4 is 45.1 Å². The highest BCUT2D eigenvalue weighted by atomic mass is 79.9. The fourth-order valence-electron chi connectivity index (χ4n) is 1.51. The third-order valence-corrected chi connectivity index (χ3v) is 3.97. The summed E-state index contributed by atoms with van der Waals surface area (Å²) in [7, 11) is 5.67. The molecule has 0 spiro atoms. The normalized spacial score (nSPS) is 10.5. The van der Waals surface area contributed by atoms with Crippen LogP contribution in [0.1, 0.15) is 5.56 Å². The van der Waals surface area contributed by atoms with Crippen LogP contribution in [0.2, 0.25) is 0 Å². The second-order valence-corrected chi connectivity index (χ2v) is 6.59. The average Bonchev–Trinajstić information content (AvgIpc) is 2.73. The zero-order valence-electron chi connectivity index (χ0n) is 11.0. The van der Waals surface area contributed by atoms with E-state index in [0.717, 1.165) is 10.3 Å². The number of hydrogen-bond donors (Lipinski definition) is 1. The van der Waals surface area contributed by atoms with E-state index < -0.39 is 0 Å². The van der Waals surface area contributed by atoms with Crippen molar-refractivity contribution in [2.75, 3.05) is 36.7 Å². The van der Waals surface area contributed by atoms with E-state index in [0.29, 0.717) is 11.9 Å². The van der Waals surface area contributed by atoms with E-state index in [4.69, 9.17) is 5.73 Å². The Kier molecular flexibility index (Phi) is 4.20. The maximum Gasteiger partial charge on any atom is 0.231 e. The van der Waals surface area contributed by atoms with Gasteiger partial charge in [0.25, 0.3) is 0 Å². The van der Waals surface area contributed by atoms with Crippen LogP contribution in [0.3, 0.4) is 0 Å². The highest BCUT2D eigenvalue weighted by molar-refractivity contribution is 9.11. The Hall–Kier alpha value is -1.41. The molecule has 0 fully saturated rings. The molecule has 6 nitrogen and oxygen atoms in total. The molecular weight excluding hydrogens is 328 g/mol. The molecule has 0 saturated heterocycles. The Morgan fingerprint density at radius 3 is 2.47 bits per heavy atom. The average molecular weight is 343 g/mol. The van der Waals surface area contributed by atoms with E-state index in [-0.39, 0.29) is 5.95 Å². The number of nitrogen functional groups attached to an aromatic ring is 1. The van der Waals surface area contributed by atoms with Crippen LogP contribution in [0.5, 0.6) is 0 Å². The number of nitrogens with zero attached hydrogens (tertiary/aromatic N) is 5. The minimum Gasteiger partial charge on any atom is -0.368 e. The van der Waals surface area contributed by atoms with Gasteiger partial charge in [-0.1, -0.05) is 0 Å². The summed E-state index contributed by atoms with van der Waals surface area (Å²) < 4.78 is 1.11. The highest BCUT2D eigenvalue weighted by Crippen LogP contribution is 2.22. The molecule has 0 unspecified atom stereocenters. The van der Waals surface area contributed by atoms with Crippen molar-refractivity contribution in [3.63, 3.8) is 0 Å². The first-order chi connectivity index (χ1) is 8.95. The summed E-state index contributed by atoms with van der Waals surface area (Å²) in [5.74, 6) is 1.35. The van der Waals surface area contributed by atoms with Gasteiger partial charge in [0.2, 0.25) is 17.8 Å². The van der Waals surface area contributed by atoms with E-state index in [2.05, 4.69) is 42.3 Å². The zero-order valence-corrected chi connectivity index (χ0v) is 13.4. The number of nitrogens with two attached hydrogens (primary N) is 1. The minimum atomic E-state index is 0.229. The van der Waals surface area contributed by atoms with Gasteiger partial charge in [-0.05, 0) is 32.9 Å². The summed E-state index contributed by atoms with van der Waals surface area (Å²) in [5, 5.41) is 2.10. The molecule has 0 amide bonds. The van der Waals surface area contributed by atoms with Crippen LogP contribution in [0.25, 0.3) is 0 Å². The largest absolute Gasteiger partial charge is 0.368 e. The number of thiophene rings is 1. The first-order valence-corrected chi connectivity index (χ1v) is 7.26. The Labute approximate surface area is 124 Å². The molecule has 0 aliphatic rings. The molecule has 0 saturated carbocycles. The molecule has 2 N–H and O–H groups in total. The van der Waals surface area contributed by atoms with Gasteiger partial charge in [-0.25, -0.2) is 0 Å². The van der Waals surface area contributed by atoms with E-state index >= 15 is 0 Å². The van der Waals surface area contributed by atoms with Crippen molar-refractivity contribution in [2.24, 2.45) is 0 Å². The number of aromatic nitrogens is 3.